The first kappa shape index (κ1) is 16.7. The van der Waals surface area contributed by atoms with Gasteiger partial charge in [-0.15, -0.1) is 0 Å². The number of carboxylic acids is 1. The number of nitrogens with one attached hydrogen (secondary N) is 1. The summed E-state index contributed by atoms with van der Waals surface area (Å²) >= 11 is 0. The van der Waals surface area contributed by atoms with Crippen molar-refractivity contribution in [3.63, 3.8) is 0 Å². The third-order valence-corrected chi connectivity index (χ3v) is 2.95. The van der Waals surface area contributed by atoms with Gasteiger partial charge in [-0.2, -0.15) is 0 Å². The summed E-state index contributed by atoms with van der Waals surface area (Å²) in [6.07, 6.45) is -0.0842. The number of methoxy groups -OCH3 is 1. The molecule has 114 valence electrons. The molecule has 6 nitrogen and oxygen atoms in total. The molecule has 1 atom stereocenters. The van der Waals surface area contributed by atoms with E-state index in [4.69, 9.17) is 5.11 Å². The number of rotatable bonds is 6. The molecule has 0 saturated carbocycles. The molecule has 0 heterocycles. The number of ether oxygens (including phenoxy) is 1. The summed E-state index contributed by atoms with van der Waals surface area (Å²) in [4.78, 5) is 34.3. The van der Waals surface area contributed by atoms with Crippen LogP contribution in [0.25, 0.3) is 0 Å². The van der Waals surface area contributed by atoms with Crippen molar-refractivity contribution < 1.29 is 24.2 Å². The minimum atomic E-state index is -1.18. The van der Waals surface area contributed by atoms with Crippen LogP contribution < -0.4 is 5.32 Å². The Morgan fingerprint density at radius 1 is 1.19 bits per heavy atom. The van der Waals surface area contributed by atoms with Gasteiger partial charge in [0.25, 0.3) is 5.91 Å². The van der Waals surface area contributed by atoms with Crippen molar-refractivity contribution in [2.24, 2.45) is 0 Å². The van der Waals surface area contributed by atoms with Gasteiger partial charge in [0.05, 0.1) is 7.11 Å². The Morgan fingerprint density at radius 3 is 2.24 bits per heavy atom. The first-order chi connectivity index (χ1) is 9.83. The van der Waals surface area contributed by atoms with Gasteiger partial charge in [0.2, 0.25) is 0 Å². The summed E-state index contributed by atoms with van der Waals surface area (Å²) in [5.41, 5.74) is 2.24. The number of hydrogen-bond acceptors (Lipinski definition) is 4. The highest BCUT2D eigenvalue weighted by atomic mass is 16.5. The predicted octanol–water partition coefficient (Wildman–Crippen LogP) is 1.44. The number of hydrogen-bond donors (Lipinski definition) is 2. The van der Waals surface area contributed by atoms with Crippen LogP contribution in [0, 0.1) is 13.8 Å². The second-order valence-corrected chi connectivity index (χ2v) is 4.86. The Morgan fingerprint density at radius 2 is 1.76 bits per heavy atom. The zero-order valence-electron chi connectivity index (χ0n) is 12.3. The van der Waals surface area contributed by atoms with Gasteiger partial charge in [0.15, 0.2) is 0 Å². The number of aryl methyl sites for hydroxylation is 2. The monoisotopic (exact) mass is 293 g/mol. The third kappa shape index (κ3) is 5.25. The van der Waals surface area contributed by atoms with Gasteiger partial charge in [0, 0.05) is 12.0 Å². The van der Waals surface area contributed by atoms with Crippen LogP contribution in [0.3, 0.4) is 0 Å². The van der Waals surface area contributed by atoms with Gasteiger partial charge >= 0.3 is 11.9 Å². The summed E-state index contributed by atoms with van der Waals surface area (Å²) in [5.74, 6) is -2.17. The van der Waals surface area contributed by atoms with Crippen molar-refractivity contribution >= 4 is 17.8 Å². The number of carbonyl (C=O) groups excluding carboxylic acids is 2. The Balaban J connectivity index is 2.76. The summed E-state index contributed by atoms with van der Waals surface area (Å²) < 4.78 is 4.46. The lowest BCUT2D eigenvalue weighted by atomic mass is 10.1. The number of aliphatic carboxylic acids is 1. The van der Waals surface area contributed by atoms with Gasteiger partial charge in [-0.05, 0) is 32.4 Å². The maximum atomic E-state index is 12.1. The average molecular weight is 293 g/mol. The molecule has 0 aliphatic rings. The van der Waals surface area contributed by atoms with Crippen molar-refractivity contribution in [3.05, 3.63) is 34.9 Å². The van der Waals surface area contributed by atoms with Gasteiger partial charge in [-0.1, -0.05) is 17.2 Å². The fraction of sp³-hybridized carbons (Fsp3) is 0.400. The molecule has 0 fully saturated rings. The molecule has 0 aromatic heterocycles. The molecule has 0 spiro atoms. The second-order valence-electron chi connectivity index (χ2n) is 4.86. The SMILES string of the molecule is COC(=O)CCC(NC(=O)c1cc(C)cc(C)c1)C(=O)O. The van der Waals surface area contributed by atoms with Crippen molar-refractivity contribution in [3.8, 4) is 0 Å². The molecule has 0 aliphatic heterocycles. The van der Waals surface area contributed by atoms with Crippen LogP contribution in [-0.4, -0.2) is 36.1 Å². The Hall–Kier alpha value is -2.37. The average Bonchev–Trinajstić information content (AvgIpc) is 2.41. The molecule has 6 heteroatoms. The van der Waals surface area contributed by atoms with E-state index in [1.54, 1.807) is 12.1 Å². The fourth-order valence-corrected chi connectivity index (χ4v) is 1.97. The molecular formula is C15H19NO5. The molecule has 2 N–H and O–H groups in total. The van der Waals surface area contributed by atoms with Gasteiger partial charge in [0.1, 0.15) is 6.04 Å². The highest BCUT2D eigenvalue weighted by Crippen LogP contribution is 2.10. The van der Waals surface area contributed by atoms with Crippen molar-refractivity contribution in [1.82, 2.24) is 5.32 Å². The Bertz CT molecular complexity index is 533. The molecule has 0 aliphatic carbocycles. The van der Waals surface area contributed by atoms with Crippen LogP contribution in [0.5, 0.6) is 0 Å². The molecule has 1 amide bonds. The predicted molar refractivity (Wildman–Crippen MR) is 76.1 cm³/mol. The standard InChI is InChI=1S/C15H19NO5/c1-9-6-10(2)8-11(7-9)14(18)16-12(15(19)20)4-5-13(17)21-3/h6-8,12H,4-5H2,1-3H3,(H,16,18)(H,19,20). The van der Waals surface area contributed by atoms with Crippen molar-refractivity contribution in [1.29, 1.82) is 0 Å². The highest BCUT2D eigenvalue weighted by molar-refractivity contribution is 5.97. The number of amides is 1. The van der Waals surface area contributed by atoms with E-state index in [-0.39, 0.29) is 12.8 Å². The molecule has 1 rings (SSSR count). The first-order valence-corrected chi connectivity index (χ1v) is 6.52. The minimum Gasteiger partial charge on any atom is -0.480 e. The minimum absolute atomic E-state index is 0.0153. The largest absolute Gasteiger partial charge is 0.480 e. The lowest BCUT2D eigenvalue weighted by Gasteiger charge is -2.14. The molecule has 0 radical (unpaired) electrons. The summed E-state index contributed by atoms with van der Waals surface area (Å²) in [7, 11) is 1.23. The third-order valence-electron chi connectivity index (χ3n) is 2.95. The fourth-order valence-electron chi connectivity index (χ4n) is 1.97. The smallest absolute Gasteiger partial charge is 0.326 e. The van der Waals surface area contributed by atoms with E-state index in [0.717, 1.165) is 11.1 Å². The number of benzene rings is 1. The van der Waals surface area contributed by atoms with E-state index < -0.39 is 23.9 Å². The van der Waals surface area contributed by atoms with Gasteiger partial charge in [-0.25, -0.2) is 4.79 Å². The van der Waals surface area contributed by atoms with Crippen molar-refractivity contribution in [2.45, 2.75) is 32.7 Å². The quantitative estimate of drug-likeness (QED) is 0.774. The maximum Gasteiger partial charge on any atom is 0.326 e. The highest BCUT2D eigenvalue weighted by Gasteiger charge is 2.22. The molecular weight excluding hydrogens is 274 g/mol. The second kappa shape index (κ2) is 7.42. The number of carboxylic acid groups (broad SMARTS) is 1. The van der Waals surface area contributed by atoms with Crippen LogP contribution >= 0.6 is 0 Å². The summed E-state index contributed by atoms with van der Waals surface area (Å²) in [6, 6.07) is 4.16. The van der Waals surface area contributed by atoms with E-state index in [1.807, 2.05) is 19.9 Å². The van der Waals surface area contributed by atoms with E-state index in [1.165, 1.54) is 7.11 Å². The molecule has 0 saturated heterocycles. The topological polar surface area (TPSA) is 92.7 Å². The van der Waals surface area contributed by atoms with Crippen LogP contribution in [0.15, 0.2) is 18.2 Å². The van der Waals surface area contributed by atoms with E-state index in [9.17, 15) is 14.4 Å². The molecule has 1 aromatic carbocycles. The van der Waals surface area contributed by atoms with Crippen LogP contribution in [-0.2, 0) is 14.3 Å². The van der Waals surface area contributed by atoms with E-state index >= 15 is 0 Å². The normalized spacial score (nSPS) is 11.6. The molecule has 21 heavy (non-hydrogen) atoms. The van der Waals surface area contributed by atoms with Crippen molar-refractivity contribution in [2.75, 3.05) is 7.11 Å². The lowest BCUT2D eigenvalue weighted by molar-refractivity contribution is -0.142. The summed E-state index contributed by atoms with van der Waals surface area (Å²) in [5, 5.41) is 11.5. The van der Waals surface area contributed by atoms with Crippen LogP contribution in [0.1, 0.15) is 34.3 Å². The van der Waals surface area contributed by atoms with Crippen LogP contribution in [0.4, 0.5) is 0 Å². The molecule has 1 unspecified atom stereocenters. The Labute approximate surface area is 123 Å². The number of carbonyl (C=O) groups is 3. The summed E-state index contributed by atoms with van der Waals surface area (Å²) in [6.45, 7) is 3.71. The van der Waals surface area contributed by atoms with E-state index in [0.29, 0.717) is 5.56 Å². The molecule has 0 bridgehead atoms. The molecule has 1 aromatic rings. The zero-order valence-corrected chi connectivity index (χ0v) is 12.3. The maximum absolute atomic E-state index is 12.1. The number of esters is 1. The lowest BCUT2D eigenvalue weighted by Crippen LogP contribution is -2.41. The van der Waals surface area contributed by atoms with Crippen LogP contribution in [0.2, 0.25) is 0 Å². The Kier molecular flexibility index (Phi) is 5.90. The first-order valence-electron chi connectivity index (χ1n) is 6.52. The van der Waals surface area contributed by atoms with Gasteiger partial charge < -0.3 is 15.2 Å². The van der Waals surface area contributed by atoms with E-state index in [2.05, 4.69) is 10.1 Å². The van der Waals surface area contributed by atoms with Gasteiger partial charge in [-0.3, -0.25) is 9.59 Å². The zero-order chi connectivity index (χ0) is 16.0.